The molecule has 0 atom stereocenters. The maximum Gasteiger partial charge on any atom is 0.410 e. The van der Waals surface area contributed by atoms with E-state index >= 15 is 0 Å². The van der Waals surface area contributed by atoms with Crippen LogP contribution < -0.4 is 0 Å². The van der Waals surface area contributed by atoms with E-state index in [1.807, 2.05) is 20.8 Å². The van der Waals surface area contributed by atoms with Gasteiger partial charge in [0.25, 0.3) is 0 Å². The van der Waals surface area contributed by atoms with Gasteiger partial charge in [0, 0.05) is 19.5 Å². The number of aromatic amines is 2. The molecule has 7 heteroatoms. The maximum absolute atomic E-state index is 11.9. The number of ether oxygens (including phenoxy) is 1. The van der Waals surface area contributed by atoms with Gasteiger partial charge < -0.3 is 9.64 Å². The van der Waals surface area contributed by atoms with Crippen LogP contribution in [0.15, 0.2) is 0 Å². The summed E-state index contributed by atoms with van der Waals surface area (Å²) in [5.41, 5.74) is -0.433. The largest absolute Gasteiger partial charge is 0.444 e. The van der Waals surface area contributed by atoms with E-state index in [-0.39, 0.29) is 6.09 Å². The fourth-order valence-corrected chi connectivity index (χ4v) is 2.48. The zero-order valence-corrected chi connectivity index (χ0v) is 13.0. The Balaban J connectivity index is 1.80. The Morgan fingerprint density at radius 1 is 1.40 bits per heavy atom. The van der Waals surface area contributed by atoms with E-state index < -0.39 is 5.60 Å². The normalized spacial score (nSPS) is 17.2. The second-order valence-corrected chi connectivity index (χ2v) is 6.62. The summed E-state index contributed by atoms with van der Waals surface area (Å²) in [7, 11) is 0. The van der Waals surface area contributed by atoms with Gasteiger partial charge in [-0.15, -0.1) is 0 Å². The Morgan fingerprint density at radius 3 is 2.55 bits per heavy atom. The van der Waals surface area contributed by atoms with E-state index in [0.29, 0.717) is 10.7 Å². The number of H-pyrrole nitrogens is 2. The zero-order valence-electron chi connectivity index (χ0n) is 12.2. The predicted octanol–water partition coefficient (Wildman–Crippen LogP) is 2.66. The third-order valence-electron chi connectivity index (χ3n) is 3.30. The van der Waals surface area contributed by atoms with Gasteiger partial charge in [0.2, 0.25) is 4.77 Å². The summed E-state index contributed by atoms with van der Waals surface area (Å²) < 4.78 is 5.88. The van der Waals surface area contributed by atoms with Crippen molar-refractivity contribution >= 4 is 18.3 Å². The van der Waals surface area contributed by atoms with Crippen LogP contribution in [0.5, 0.6) is 0 Å². The van der Waals surface area contributed by atoms with Crippen LogP contribution in [0.2, 0.25) is 0 Å². The lowest BCUT2D eigenvalue weighted by Crippen LogP contribution is -2.42. The van der Waals surface area contributed by atoms with Crippen LogP contribution in [0.1, 0.15) is 39.4 Å². The van der Waals surface area contributed by atoms with E-state index in [9.17, 15) is 4.79 Å². The molecule has 2 rings (SSSR count). The Morgan fingerprint density at radius 2 is 2.05 bits per heavy atom. The number of piperidine rings is 1. The van der Waals surface area contributed by atoms with Gasteiger partial charge >= 0.3 is 6.09 Å². The van der Waals surface area contributed by atoms with Crippen LogP contribution in [0.4, 0.5) is 4.79 Å². The van der Waals surface area contributed by atoms with Crippen LogP contribution in [0, 0.1) is 10.7 Å². The fourth-order valence-electron chi connectivity index (χ4n) is 2.32. The van der Waals surface area contributed by atoms with E-state index in [4.69, 9.17) is 17.0 Å². The van der Waals surface area contributed by atoms with Crippen molar-refractivity contribution in [1.29, 1.82) is 0 Å². The standard InChI is InChI=1S/C13H22N4O2S/c1-13(2,3)19-12(18)17-6-4-9(5-7-17)8-10-14-11(20)16-15-10/h9H,4-8H2,1-3H3,(H2,14,15,16,20). The molecule has 2 heterocycles. The van der Waals surface area contributed by atoms with Gasteiger partial charge in [-0.25, -0.2) is 9.78 Å². The molecule has 1 amide bonds. The van der Waals surface area contributed by atoms with Gasteiger partial charge in [0.05, 0.1) is 0 Å². The molecule has 0 aromatic carbocycles. The number of amides is 1. The molecule has 6 nitrogen and oxygen atoms in total. The molecule has 1 fully saturated rings. The molecule has 0 radical (unpaired) electrons. The number of hydrogen-bond donors (Lipinski definition) is 2. The van der Waals surface area contributed by atoms with Crippen molar-refractivity contribution in [2.24, 2.45) is 5.92 Å². The maximum atomic E-state index is 11.9. The van der Waals surface area contributed by atoms with Gasteiger partial charge in [-0.05, 0) is 51.7 Å². The summed E-state index contributed by atoms with van der Waals surface area (Å²) in [6.45, 7) is 7.14. The van der Waals surface area contributed by atoms with Gasteiger partial charge in [0.15, 0.2) is 0 Å². The number of carbonyl (C=O) groups is 1. The van der Waals surface area contributed by atoms with Gasteiger partial charge in [-0.3, -0.25) is 10.2 Å². The summed E-state index contributed by atoms with van der Waals surface area (Å²) >= 11 is 4.94. The highest BCUT2D eigenvalue weighted by Crippen LogP contribution is 2.21. The lowest BCUT2D eigenvalue weighted by atomic mass is 9.93. The van der Waals surface area contributed by atoms with Crippen molar-refractivity contribution in [2.75, 3.05) is 13.1 Å². The zero-order chi connectivity index (χ0) is 14.8. The summed E-state index contributed by atoms with van der Waals surface area (Å²) in [4.78, 5) is 17.9. The lowest BCUT2D eigenvalue weighted by Gasteiger charge is -2.33. The molecule has 1 aliphatic heterocycles. The minimum absolute atomic E-state index is 0.213. The third-order valence-corrected chi connectivity index (χ3v) is 3.49. The highest BCUT2D eigenvalue weighted by molar-refractivity contribution is 7.71. The first-order valence-corrected chi connectivity index (χ1v) is 7.36. The molecule has 20 heavy (non-hydrogen) atoms. The average Bonchev–Trinajstić information content (AvgIpc) is 2.73. The second-order valence-electron chi connectivity index (χ2n) is 6.23. The first-order chi connectivity index (χ1) is 9.33. The number of rotatable bonds is 2. The van der Waals surface area contributed by atoms with Crippen LogP contribution in [-0.2, 0) is 11.2 Å². The third kappa shape index (κ3) is 4.33. The molecule has 0 aliphatic carbocycles. The first-order valence-electron chi connectivity index (χ1n) is 6.95. The van der Waals surface area contributed by atoms with E-state index in [0.717, 1.165) is 38.2 Å². The molecule has 0 saturated carbocycles. The molecule has 112 valence electrons. The number of nitrogens with zero attached hydrogens (tertiary/aromatic N) is 2. The molecule has 1 aliphatic rings. The van der Waals surface area contributed by atoms with Gasteiger partial charge in [-0.1, -0.05) is 0 Å². The highest BCUT2D eigenvalue weighted by atomic mass is 32.1. The van der Waals surface area contributed by atoms with Crippen molar-refractivity contribution in [3.8, 4) is 0 Å². The molecule has 1 saturated heterocycles. The van der Waals surface area contributed by atoms with Crippen molar-refractivity contribution in [1.82, 2.24) is 20.1 Å². The van der Waals surface area contributed by atoms with Crippen molar-refractivity contribution < 1.29 is 9.53 Å². The number of hydrogen-bond acceptors (Lipinski definition) is 4. The molecule has 0 spiro atoms. The second kappa shape index (κ2) is 5.95. The van der Waals surface area contributed by atoms with Crippen molar-refractivity contribution in [3.63, 3.8) is 0 Å². The molecule has 2 N–H and O–H groups in total. The fraction of sp³-hybridized carbons (Fsp3) is 0.769. The lowest BCUT2D eigenvalue weighted by molar-refractivity contribution is 0.0184. The van der Waals surface area contributed by atoms with Gasteiger partial charge in [-0.2, -0.15) is 0 Å². The van der Waals surface area contributed by atoms with Crippen LogP contribution in [0.3, 0.4) is 0 Å². The van der Waals surface area contributed by atoms with Crippen molar-refractivity contribution in [3.05, 3.63) is 10.6 Å². The van der Waals surface area contributed by atoms with Crippen molar-refractivity contribution in [2.45, 2.75) is 45.6 Å². The SMILES string of the molecule is CC(C)(C)OC(=O)N1CCC(Cc2nc(=S)[nH][nH]2)CC1. The molecular weight excluding hydrogens is 276 g/mol. The summed E-state index contributed by atoms with van der Waals surface area (Å²) in [6.07, 6.45) is 2.59. The number of carbonyl (C=O) groups excluding carboxylic acids is 1. The summed E-state index contributed by atoms with van der Waals surface area (Å²) in [6, 6.07) is 0. The molecular formula is C13H22N4O2S. The Kier molecular flexibility index (Phi) is 4.47. The number of likely N-dealkylation sites (tertiary alicyclic amines) is 1. The van der Waals surface area contributed by atoms with Crippen LogP contribution in [-0.4, -0.2) is 44.9 Å². The quantitative estimate of drug-likeness (QED) is 0.823. The highest BCUT2D eigenvalue weighted by Gasteiger charge is 2.27. The Labute approximate surface area is 123 Å². The Bertz CT molecular complexity index is 509. The topological polar surface area (TPSA) is 74.0 Å². The predicted molar refractivity (Wildman–Crippen MR) is 78.0 cm³/mol. The monoisotopic (exact) mass is 298 g/mol. The minimum Gasteiger partial charge on any atom is -0.444 e. The first kappa shape index (κ1) is 15.0. The van der Waals surface area contributed by atoms with Crippen LogP contribution in [0.25, 0.3) is 0 Å². The smallest absolute Gasteiger partial charge is 0.410 e. The molecule has 0 unspecified atom stereocenters. The Hall–Kier alpha value is -1.37. The number of aromatic nitrogens is 3. The van der Waals surface area contributed by atoms with Crippen LogP contribution >= 0.6 is 12.2 Å². The van der Waals surface area contributed by atoms with Gasteiger partial charge in [0.1, 0.15) is 11.4 Å². The summed E-state index contributed by atoms with van der Waals surface area (Å²) in [5.74, 6) is 1.42. The number of nitrogens with one attached hydrogen (secondary N) is 2. The van der Waals surface area contributed by atoms with E-state index in [1.54, 1.807) is 4.90 Å². The average molecular weight is 298 g/mol. The molecule has 1 aromatic heterocycles. The summed E-state index contributed by atoms with van der Waals surface area (Å²) in [5, 5.41) is 5.78. The molecule has 0 bridgehead atoms. The van der Waals surface area contributed by atoms with E-state index in [1.165, 1.54) is 0 Å². The van der Waals surface area contributed by atoms with E-state index in [2.05, 4.69) is 15.2 Å². The molecule has 1 aromatic rings. The minimum atomic E-state index is -0.433.